The Balaban J connectivity index is 2.27. The number of H-pyrrole nitrogens is 1. The smallest absolute Gasteiger partial charge is 0.356 e. The van der Waals surface area contributed by atoms with Gasteiger partial charge in [-0.15, -0.1) is 0 Å². The van der Waals surface area contributed by atoms with E-state index in [2.05, 4.69) is 15.6 Å². The van der Waals surface area contributed by atoms with Gasteiger partial charge in [0, 0.05) is 24.6 Å². The van der Waals surface area contributed by atoms with E-state index in [1.54, 1.807) is 14.0 Å². The van der Waals surface area contributed by atoms with E-state index in [0.29, 0.717) is 36.3 Å². The van der Waals surface area contributed by atoms with Crippen molar-refractivity contribution in [3.05, 3.63) is 30.0 Å². The fraction of sp³-hybridized carbons (Fsp3) is 0.333. The van der Waals surface area contributed by atoms with Gasteiger partial charge in [-0.3, -0.25) is 0 Å². The number of esters is 1. The van der Waals surface area contributed by atoms with Gasteiger partial charge in [-0.05, 0) is 25.2 Å². The molecule has 0 amide bonds. The minimum absolute atomic E-state index is 0.310. The molecule has 0 spiro atoms. The second-order valence-electron chi connectivity index (χ2n) is 4.51. The lowest BCUT2D eigenvalue weighted by molar-refractivity contribution is 0.0522. The summed E-state index contributed by atoms with van der Waals surface area (Å²) in [5.74, 6) is -0.416. The summed E-state index contributed by atoms with van der Waals surface area (Å²) in [5.41, 5.74) is 1.82. The molecule has 1 aromatic carbocycles. The zero-order chi connectivity index (χ0) is 15.9. The zero-order valence-electron chi connectivity index (χ0n) is 12.6. The highest BCUT2D eigenvalue weighted by molar-refractivity contribution is 7.80. The first-order valence-electron chi connectivity index (χ1n) is 6.99. The fourth-order valence-electron chi connectivity index (χ4n) is 2.05. The number of benzene rings is 1. The van der Waals surface area contributed by atoms with Crippen molar-refractivity contribution < 1.29 is 14.3 Å². The summed E-state index contributed by atoms with van der Waals surface area (Å²) < 4.78 is 10.0. The molecule has 0 saturated heterocycles. The maximum absolute atomic E-state index is 12.1. The molecule has 0 unspecified atom stereocenters. The van der Waals surface area contributed by atoms with Crippen LogP contribution in [0.25, 0.3) is 10.9 Å². The Morgan fingerprint density at radius 1 is 1.36 bits per heavy atom. The molecule has 1 aromatic heterocycles. The van der Waals surface area contributed by atoms with E-state index in [-0.39, 0.29) is 0 Å². The van der Waals surface area contributed by atoms with Crippen LogP contribution in [-0.4, -0.2) is 42.9 Å². The number of hydrogen-bond donors (Lipinski definition) is 3. The van der Waals surface area contributed by atoms with Gasteiger partial charge >= 0.3 is 5.97 Å². The van der Waals surface area contributed by atoms with Gasteiger partial charge in [0.2, 0.25) is 0 Å². The molecule has 0 bridgehead atoms. The van der Waals surface area contributed by atoms with Gasteiger partial charge in [0.25, 0.3) is 0 Å². The Morgan fingerprint density at radius 2 is 2.14 bits per heavy atom. The van der Waals surface area contributed by atoms with Gasteiger partial charge in [0.15, 0.2) is 5.11 Å². The minimum Gasteiger partial charge on any atom is -0.461 e. The van der Waals surface area contributed by atoms with Crippen LogP contribution in [0.1, 0.15) is 17.4 Å². The third-order valence-corrected chi connectivity index (χ3v) is 3.26. The molecule has 0 aliphatic rings. The van der Waals surface area contributed by atoms with Gasteiger partial charge in [0.1, 0.15) is 5.69 Å². The first-order valence-corrected chi connectivity index (χ1v) is 7.39. The van der Waals surface area contributed by atoms with E-state index >= 15 is 0 Å². The summed E-state index contributed by atoms with van der Waals surface area (Å²) in [4.78, 5) is 15.2. The number of rotatable bonds is 6. The standard InChI is InChI=1S/C15H19N3O3S/c1-3-21-14(19)13-12(18-15(22)16-8-9-20-2)10-6-4-5-7-11(10)17-13/h4-7,17H,3,8-9H2,1-2H3,(H2,16,18,22). The number of ether oxygens (including phenoxy) is 2. The van der Waals surface area contributed by atoms with Crippen LogP contribution in [0, 0.1) is 0 Å². The lowest BCUT2D eigenvalue weighted by Crippen LogP contribution is -2.31. The number of fused-ring (bicyclic) bond motifs is 1. The molecular formula is C15H19N3O3S. The van der Waals surface area contributed by atoms with Gasteiger partial charge < -0.3 is 25.1 Å². The van der Waals surface area contributed by atoms with E-state index in [0.717, 1.165) is 10.9 Å². The number of carbonyl (C=O) groups excluding carboxylic acids is 1. The number of anilines is 1. The normalized spacial score (nSPS) is 10.5. The van der Waals surface area contributed by atoms with Gasteiger partial charge in [-0.1, -0.05) is 18.2 Å². The Morgan fingerprint density at radius 3 is 2.86 bits per heavy atom. The molecule has 0 saturated carbocycles. The summed E-state index contributed by atoms with van der Waals surface area (Å²) in [6, 6.07) is 7.60. The van der Waals surface area contributed by atoms with Gasteiger partial charge in [-0.25, -0.2) is 4.79 Å². The van der Waals surface area contributed by atoms with Crippen LogP contribution in [0.2, 0.25) is 0 Å². The number of aromatic amines is 1. The van der Waals surface area contributed by atoms with E-state index < -0.39 is 5.97 Å². The van der Waals surface area contributed by atoms with Crippen molar-refractivity contribution in [1.82, 2.24) is 10.3 Å². The van der Waals surface area contributed by atoms with Crippen LogP contribution in [0.3, 0.4) is 0 Å². The quantitative estimate of drug-likeness (QED) is 0.430. The number of thiocarbonyl (C=S) groups is 1. The van der Waals surface area contributed by atoms with E-state index in [1.807, 2.05) is 24.3 Å². The van der Waals surface area contributed by atoms with Crippen LogP contribution < -0.4 is 10.6 Å². The molecule has 7 heteroatoms. The Hall–Kier alpha value is -2.12. The molecule has 6 nitrogen and oxygen atoms in total. The summed E-state index contributed by atoms with van der Waals surface area (Å²) in [7, 11) is 1.62. The van der Waals surface area contributed by atoms with Crippen molar-refractivity contribution in [2.75, 3.05) is 32.2 Å². The highest BCUT2D eigenvalue weighted by Crippen LogP contribution is 2.28. The van der Waals surface area contributed by atoms with E-state index in [1.165, 1.54) is 0 Å². The predicted octanol–water partition coefficient (Wildman–Crippen LogP) is 2.28. The monoisotopic (exact) mass is 321 g/mol. The molecule has 2 aromatic rings. The van der Waals surface area contributed by atoms with Crippen molar-refractivity contribution in [2.45, 2.75) is 6.92 Å². The molecular weight excluding hydrogens is 302 g/mol. The third kappa shape index (κ3) is 3.75. The Bertz CT molecular complexity index is 669. The summed E-state index contributed by atoms with van der Waals surface area (Å²) >= 11 is 5.25. The molecule has 1 heterocycles. The predicted molar refractivity (Wildman–Crippen MR) is 90.4 cm³/mol. The summed E-state index contributed by atoms with van der Waals surface area (Å²) in [6.45, 7) is 3.20. The van der Waals surface area contributed by atoms with Crippen molar-refractivity contribution in [2.24, 2.45) is 0 Å². The minimum atomic E-state index is -0.416. The van der Waals surface area contributed by atoms with Crippen LogP contribution in [0.5, 0.6) is 0 Å². The molecule has 22 heavy (non-hydrogen) atoms. The van der Waals surface area contributed by atoms with Crippen LogP contribution in [0.4, 0.5) is 5.69 Å². The largest absolute Gasteiger partial charge is 0.461 e. The Kier molecular flexibility index (Phi) is 5.74. The first-order chi connectivity index (χ1) is 10.7. The molecule has 0 atom stereocenters. The van der Waals surface area contributed by atoms with Crippen LogP contribution in [-0.2, 0) is 9.47 Å². The van der Waals surface area contributed by atoms with Crippen molar-refractivity contribution >= 4 is 39.9 Å². The van der Waals surface area contributed by atoms with Crippen LogP contribution in [0.15, 0.2) is 24.3 Å². The second-order valence-corrected chi connectivity index (χ2v) is 4.92. The molecule has 0 radical (unpaired) electrons. The van der Waals surface area contributed by atoms with Crippen molar-refractivity contribution in [3.63, 3.8) is 0 Å². The van der Waals surface area contributed by atoms with Crippen molar-refractivity contribution in [3.8, 4) is 0 Å². The molecule has 2 rings (SSSR count). The topological polar surface area (TPSA) is 75.4 Å². The molecule has 3 N–H and O–H groups in total. The maximum Gasteiger partial charge on any atom is 0.356 e. The highest BCUT2D eigenvalue weighted by Gasteiger charge is 2.19. The lowest BCUT2D eigenvalue weighted by Gasteiger charge is -2.11. The van der Waals surface area contributed by atoms with E-state index in [4.69, 9.17) is 21.7 Å². The second kappa shape index (κ2) is 7.77. The number of methoxy groups -OCH3 is 1. The maximum atomic E-state index is 12.1. The number of para-hydroxylation sites is 1. The van der Waals surface area contributed by atoms with Gasteiger partial charge in [-0.2, -0.15) is 0 Å². The highest BCUT2D eigenvalue weighted by atomic mass is 32.1. The number of nitrogens with one attached hydrogen (secondary N) is 3. The molecule has 0 aliphatic carbocycles. The van der Waals surface area contributed by atoms with Crippen LogP contribution >= 0.6 is 12.2 Å². The molecule has 0 aliphatic heterocycles. The van der Waals surface area contributed by atoms with Gasteiger partial charge in [0.05, 0.1) is 18.9 Å². The van der Waals surface area contributed by atoms with E-state index in [9.17, 15) is 4.79 Å². The average Bonchev–Trinajstić information content (AvgIpc) is 2.87. The van der Waals surface area contributed by atoms with Crippen molar-refractivity contribution in [1.29, 1.82) is 0 Å². The number of carbonyl (C=O) groups is 1. The SMILES string of the molecule is CCOC(=O)c1[nH]c2ccccc2c1NC(=S)NCCOC. The number of aromatic nitrogens is 1. The third-order valence-electron chi connectivity index (χ3n) is 3.02. The Labute approximate surface area is 134 Å². The molecule has 0 fully saturated rings. The molecule has 118 valence electrons. The first kappa shape index (κ1) is 16.3. The average molecular weight is 321 g/mol. The summed E-state index contributed by atoms with van der Waals surface area (Å²) in [6.07, 6.45) is 0. The summed E-state index contributed by atoms with van der Waals surface area (Å²) in [5, 5.41) is 7.38. The number of hydrogen-bond acceptors (Lipinski definition) is 4. The zero-order valence-corrected chi connectivity index (χ0v) is 13.4. The fourth-order valence-corrected chi connectivity index (χ4v) is 2.26. The lowest BCUT2D eigenvalue weighted by atomic mass is 10.2.